The number of aryl methyl sites for hydroxylation is 1. The molecule has 0 saturated carbocycles. The minimum absolute atomic E-state index is 0. The largest absolute Gasteiger partial charge is 0.382 e. The topological polar surface area (TPSA) is 97.4 Å². The molecular formula is C21H27Cl2FN4O4. The van der Waals surface area contributed by atoms with E-state index in [-0.39, 0.29) is 55.5 Å². The Hall–Kier alpha value is -2.07. The van der Waals surface area contributed by atoms with Crippen LogP contribution in [0.5, 0.6) is 0 Å². The van der Waals surface area contributed by atoms with E-state index in [2.05, 4.69) is 4.98 Å². The minimum atomic E-state index is -1.49. The maximum atomic E-state index is 13.1. The van der Waals surface area contributed by atoms with Crippen LogP contribution in [-0.2, 0) is 19.5 Å². The van der Waals surface area contributed by atoms with Gasteiger partial charge in [0.2, 0.25) is 0 Å². The SMILES string of the molecule is Cl.Cl.O=C(c1ccc(F)cc1)C1(O)CCN(CCn2c(=O)nc3n(c2=O)CCCC3)CC1. The zero-order chi connectivity index (χ0) is 21.3. The summed E-state index contributed by atoms with van der Waals surface area (Å²) >= 11 is 0. The molecule has 0 radical (unpaired) electrons. The first kappa shape index (κ1) is 26.2. The number of halogens is 3. The fourth-order valence-electron chi connectivity index (χ4n) is 4.21. The zero-order valence-corrected chi connectivity index (χ0v) is 19.2. The van der Waals surface area contributed by atoms with Crippen LogP contribution >= 0.6 is 24.8 Å². The highest BCUT2D eigenvalue weighted by molar-refractivity contribution is 6.02. The fourth-order valence-corrected chi connectivity index (χ4v) is 4.21. The third-order valence-corrected chi connectivity index (χ3v) is 6.11. The van der Waals surface area contributed by atoms with E-state index < -0.39 is 22.9 Å². The molecule has 0 unspecified atom stereocenters. The Balaban J connectivity index is 0.00000181. The maximum absolute atomic E-state index is 13.1. The van der Waals surface area contributed by atoms with Crippen molar-refractivity contribution in [3.8, 4) is 0 Å². The van der Waals surface area contributed by atoms with E-state index in [1.54, 1.807) is 4.57 Å². The van der Waals surface area contributed by atoms with E-state index in [9.17, 15) is 23.9 Å². The predicted molar refractivity (Wildman–Crippen MR) is 122 cm³/mol. The molecule has 0 spiro atoms. The molecule has 1 aromatic heterocycles. The highest BCUT2D eigenvalue weighted by Crippen LogP contribution is 2.26. The molecule has 1 fully saturated rings. The monoisotopic (exact) mass is 488 g/mol. The van der Waals surface area contributed by atoms with Gasteiger partial charge in [-0.25, -0.2) is 18.5 Å². The van der Waals surface area contributed by atoms with Crippen molar-refractivity contribution in [3.05, 3.63) is 62.4 Å². The van der Waals surface area contributed by atoms with Crippen molar-refractivity contribution in [2.45, 2.75) is 50.8 Å². The van der Waals surface area contributed by atoms with Gasteiger partial charge in [-0.1, -0.05) is 0 Å². The van der Waals surface area contributed by atoms with E-state index in [1.807, 2.05) is 4.90 Å². The van der Waals surface area contributed by atoms with Crippen LogP contribution in [0.3, 0.4) is 0 Å². The molecular weight excluding hydrogens is 462 g/mol. The number of hydrogen-bond acceptors (Lipinski definition) is 6. The van der Waals surface area contributed by atoms with Crippen LogP contribution < -0.4 is 11.4 Å². The second kappa shape index (κ2) is 10.7. The van der Waals surface area contributed by atoms with Crippen molar-refractivity contribution in [1.82, 2.24) is 19.0 Å². The average molecular weight is 489 g/mol. The van der Waals surface area contributed by atoms with Gasteiger partial charge in [0.15, 0.2) is 5.78 Å². The summed E-state index contributed by atoms with van der Waals surface area (Å²) < 4.78 is 15.8. The lowest BCUT2D eigenvalue weighted by molar-refractivity contribution is -0.00693. The van der Waals surface area contributed by atoms with Gasteiger partial charge in [-0.3, -0.25) is 9.36 Å². The van der Waals surface area contributed by atoms with Gasteiger partial charge in [-0.15, -0.1) is 24.8 Å². The third kappa shape index (κ3) is 5.28. The van der Waals surface area contributed by atoms with E-state index in [1.165, 1.54) is 28.8 Å². The molecule has 176 valence electrons. The van der Waals surface area contributed by atoms with E-state index in [0.717, 1.165) is 12.8 Å². The Morgan fingerprint density at radius 3 is 2.34 bits per heavy atom. The lowest BCUT2D eigenvalue weighted by atomic mass is 9.84. The second-order valence-corrected chi connectivity index (χ2v) is 8.06. The normalized spacial score (nSPS) is 17.6. The second-order valence-electron chi connectivity index (χ2n) is 8.06. The number of hydrogen-bond donors (Lipinski definition) is 1. The number of likely N-dealkylation sites (tertiary alicyclic amines) is 1. The number of Topliss-reactive ketones (excluding diaryl/α,β-unsaturated/α-hetero) is 1. The molecule has 1 aromatic carbocycles. The number of ketones is 1. The van der Waals surface area contributed by atoms with Crippen molar-refractivity contribution in [2.24, 2.45) is 0 Å². The van der Waals surface area contributed by atoms with Gasteiger partial charge < -0.3 is 10.0 Å². The Bertz CT molecular complexity index is 1060. The highest BCUT2D eigenvalue weighted by Gasteiger charge is 2.39. The molecule has 2 aliphatic heterocycles. The summed E-state index contributed by atoms with van der Waals surface area (Å²) in [5.74, 6) is -0.276. The Kier molecular flexibility index (Phi) is 8.75. The Morgan fingerprint density at radius 2 is 1.69 bits per heavy atom. The maximum Gasteiger partial charge on any atom is 0.353 e. The fraction of sp³-hybridized carbons (Fsp3) is 0.524. The van der Waals surface area contributed by atoms with Crippen LogP contribution in [0.25, 0.3) is 0 Å². The molecule has 1 N–H and O–H groups in total. The summed E-state index contributed by atoms with van der Waals surface area (Å²) in [5, 5.41) is 10.8. The number of carbonyl (C=O) groups is 1. The molecule has 1 saturated heterocycles. The zero-order valence-electron chi connectivity index (χ0n) is 17.5. The first-order chi connectivity index (χ1) is 14.4. The van der Waals surface area contributed by atoms with Crippen molar-refractivity contribution >= 4 is 30.6 Å². The van der Waals surface area contributed by atoms with Gasteiger partial charge in [0.05, 0.1) is 0 Å². The number of carbonyl (C=O) groups excluding carboxylic acids is 1. The van der Waals surface area contributed by atoms with Gasteiger partial charge in [0.25, 0.3) is 0 Å². The number of rotatable bonds is 5. The standard InChI is InChI=1S/C21H25FN4O4.2ClH/c22-16-6-4-15(5-7-16)18(27)21(30)8-11-24(12-9-21)13-14-26-19(28)23-17-3-1-2-10-25(17)20(26)29;;/h4-7,30H,1-3,8-14H2;2*1H. The number of fused-ring (bicyclic) bond motifs is 1. The van der Waals surface area contributed by atoms with Gasteiger partial charge in [0.1, 0.15) is 17.2 Å². The number of piperidine rings is 1. The number of nitrogens with zero attached hydrogens (tertiary/aromatic N) is 4. The van der Waals surface area contributed by atoms with Crippen molar-refractivity contribution in [3.63, 3.8) is 0 Å². The molecule has 2 aliphatic rings. The Morgan fingerprint density at radius 1 is 1.03 bits per heavy atom. The molecule has 0 bridgehead atoms. The minimum Gasteiger partial charge on any atom is -0.382 e. The smallest absolute Gasteiger partial charge is 0.353 e. The van der Waals surface area contributed by atoms with E-state index in [0.29, 0.717) is 38.4 Å². The lowest BCUT2D eigenvalue weighted by Crippen LogP contribution is -2.51. The summed E-state index contributed by atoms with van der Waals surface area (Å²) in [6, 6.07) is 5.17. The highest BCUT2D eigenvalue weighted by atomic mass is 35.5. The first-order valence-electron chi connectivity index (χ1n) is 10.3. The van der Waals surface area contributed by atoms with Crippen LogP contribution in [0.4, 0.5) is 4.39 Å². The quantitative estimate of drug-likeness (QED) is 0.639. The lowest BCUT2D eigenvalue weighted by Gasteiger charge is -2.37. The third-order valence-electron chi connectivity index (χ3n) is 6.11. The van der Waals surface area contributed by atoms with Crippen LogP contribution in [-0.4, -0.2) is 55.1 Å². The van der Waals surface area contributed by atoms with Crippen LogP contribution in [0.15, 0.2) is 33.9 Å². The van der Waals surface area contributed by atoms with Crippen molar-refractivity contribution in [2.75, 3.05) is 19.6 Å². The van der Waals surface area contributed by atoms with Gasteiger partial charge in [0, 0.05) is 44.7 Å². The van der Waals surface area contributed by atoms with Gasteiger partial charge >= 0.3 is 11.4 Å². The van der Waals surface area contributed by atoms with Crippen LogP contribution in [0, 0.1) is 5.82 Å². The molecule has 3 heterocycles. The molecule has 0 atom stereocenters. The summed E-state index contributed by atoms with van der Waals surface area (Å²) in [6.45, 7) is 2.17. The van der Waals surface area contributed by atoms with E-state index >= 15 is 0 Å². The predicted octanol–water partition coefficient (Wildman–Crippen LogP) is 1.43. The summed E-state index contributed by atoms with van der Waals surface area (Å²) in [4.78, 5) is 43.6. The number of aliphatic hydroxyl groups is 1. The van der Waals surface area contributed by atoms with Crippen LogP contribution in [0.1, 0.15) is 41.9 Å². The van der Waals surface area contributed by atoms with Crippen molar-refractivity contribution in [1.29, 1.82) is 0 Å². The number of benzene rings is 1. The van der Waals surface area contributed by atoms with E-state index in [4.69, 9.17) is 0 Å². The molecule has 0 aliphatic carbocycles. The molecule has 4 rings (SSSR count). The molecule has 2 aromatic rings. The summed E-state index contributed by atoms with van der Waals surface area (Å²) in [7, 11) is 0. The molecule has 0 amide bonds. The Labute approximate surface area is 196 Å². The van der Waals surface area contributed by atoms with Gasteiger partial charge in [-0.05, 0) is 49.9 Å². The van der Waals surface area contributed by atoms with Crippen LogP contribution in [0.2, 0.25) is 0 Å². The summed E-state index contributed by atoms with van der Waals surface area (Å²) in [6.07, 6.45) is 2.96. The first-order valence-corrected chi connectivity index (χ1v) is 10.3. The molecule has 32 heavy (non-hydrogen) atoms. The molecule has 11 heteroatoms. The van der Waals surface area contributed by atoms with Crippen molar-refractivity contribution < 1.29 is 14.3 Å². The molecule has 8 nitrogen and oxygen atoms in total. The van der Waals surface area contributed by atoms with Gasteiger partial charge in [-0.2, -0.15) is 4.98 Å². The average Bonchev–Trinajstić information content (AvgIpc) is 2.75. The summed E-state index contributed by atoms with van der Waals surface area (Å²) in [5.41, 5.74) is -2.04. The number of aromatic nitrogens is 3.